The monoisotopic (exact) mass is 221 g/mol. The summed E-state index contributed by atoms with van der Waals surface area (Å²) in [4.78, 5) is 10.9. The Kier molecular flexibility index (Phi) is 4.16. The lowest BCUT2D eigenvalue weighted by atomic mass is 10.2. The Morgan fingerprint density at radius 3 is 2.56 bits per heavy atom. The van der Waals surface area contributed by atoms with Crippen molar-refractivity contribution < 1.29 is 19.0 Å². The van der Waals surface area contributed by atoms with Crippen LogP contribution in [-0.2, 0) is 9.53 Å². The van der Waals surface area contributed by atoms with Gasteiger partial charge in [0.2, 0.25) is 0 Å². The molecule has 0 saturated carbocycles. The molecule has 5 heteroatoms. The van der Waals surface area contributed by atoms with Crippen molar-refractivity contribution in [1.82, 2.24) is 0 Å². The zero-order valence-electron chi connectivity index (χ0n) is 9.02. The number of nitriles is 1. The number of benzene rings is 1. The first-order valence-electron chi connectivity index (χ1n) is 4.48. The van der Waals surface area contributed by atoms with Gasteiger partial charge in [-0.2, -0.15) is 5.26 Å². The Balaban J connectivity index is 2.80. The highest BCUT2D eigenvalue weighted by atomic mass is 16.6. The highest BCUT2D eigenvalue weighted by Gasteiger charge is 2.05. The second-order valence-electron chi connectivity index (χ2n) is 2.87. The number of esters is 1. The van der Waals surface area contributed by atoms with Gasteiger partial charge in [-0.15, -0.1) is 0 Å². The van der Waals surface area contributed by atoms with Crippen molar-refractivity contribution in [3.63, 3.8) is 0 Å². The average molecular weight is 221 g/mol. The minimum absolute atomic E-state index is 0.200. The molecule has 16 heavy (non-hydrogen) atoms. The summed E-state index contributed by atoms with van der Waals surface area (Å²) >= 11 is 0. The third-order valence-corrected chi connectivity index (χ3v) is 1.83. The number of hydrogen-bond donors (Lipinski definition) is 0. The van der Waals surface area contributed by atoms with Crippen molar-refractivity contribution in [3.8, 4) is 17.6 Å². The molecule has 0 N–H and O–H groups in total. The van der Waals surface area contributed by atoms with Gasteiger partial charge >= 0.3 is 5.97 Å². The molecule has 1 rings (SSSR count). The second kappa shape index (κ2) is 5.61. The minimum atomic E-state index is -0.485. The molecular weight excluding hydrogens is 210 g/mol. The Labute approximate surface area is 93.2 Å². The number of methoxy groups -OCH3 is 2. The maximum Gasteiger partial charge on any atom is 0.343 e. The third-order valence-electron chi connectivity index (χ3n) is 1.83. The summed E-state index contributed by atoms with van der Waals surface area (Å²) in [7, 11) is 2.76. The van der Waals surface area contributed by atoms with E-state index >= 15 is 0 Å². The summed E-state index contributed by atoms with van der Waals surface area (Å²) in [5, 5.41) is 8.75. The van der Waals surface area contributed by atoms with Crippen LogP contribution in [0.2, 0.25) is 0 Å². The Morgan fingerprint density at radius 1 is 1.31 bits per heavy atom. The van der Waals surface area contributed by atoms with Crippen LogP contribution >= 0.6 is 0 Å². The molecule has 84 valence electrons. The summed E-state index contributed by atoms with van der Waals surface area (Å²) in [5.74, 6) is 0.404. The van der Waals surface area contributed by atoms with E-state index in [-0.39, 0.29) is 6.61 Å². The fraction of sp³-hybridized carbons (Fsp3) is 0.273. The molecule has 0 aliphatic heterocycles. The van der Waals surface area contributed by atoms with Crippen LogP contribution in [0.3, 0.4) is 0 Å². The molecule has 0 radical (unpaired) electrons. The number of nitrogens with zero attached hydrogens (tertiary/aromatic N) is 1. The van der Waals surface area contributed by atoms with Gasteiger partial charge in [-0.05, 0) is 12.1 Å². The summed E-state index contributed by atoms with van der Waals surface area (Å²) < 4.78 is 14.5. The zero-order chi connectivity index (χ0) is 12.0. The standard InChI is InChI=1S/C11H11NO4/c1-14-9-3-8(6-12)4-10(5-9)16-7-11(13)15-2/h3-5H,7H2,1-2H3. The maximum atomic E-state index is 10.9. The van der Waals surface area contributed by atoms with Gasteiger partial charge in [0.1, 0.15) is 11.5 Å². The topological polar surface area (TPSA) is 68.5 Å². The Morgan fingerprint density at radius 2 is 2.00 bits per heavy atom. The Bertz CT molecular complexity index is 422. The molecule has 0 fully saturated rings. The summed E-state index contributed by atoms with van der Waals surface area (Å²) in [6.45, 7) is -0.200. The first kappa shape index (κ1) is 11.9. The summed E-state index contributed by atoms with van der Waals surface area (Å²) in [6, 6.07) is 6.65. The van der Waals surface area contributed by atoms with E-state index in [0.717, 1.165) is 0 Å². The van der Waals surface area contributed by atoms with Gasteiger partial charge < -0.3 is 14.2 Å². The van der Waals surface area contributed by atoms with Crippen LogP contribution in [0.4, 0.5) is 0 Å². The number of rotatable bonds is 4. The molecule has 0 saturated heterocycles. The highest BCUT2D eigenvalue weighted by molar-refractivity contribution is 5.70. The fourth-order valence-corrected chi connectivity index (χ4v) is 1.04. The normalized spacial score (nSPS) is 9.06. The van der Waals surface area contributed by atoms with E-state index < -0.39 is 5.97 Å². The van der Waals surface area contributed by atoms with Crippen LogP contribution in [0.1, 0.15) is 5.56 Å². The van der Waals surface area contributed by atoms with Crippen molar-refractivity contribution >= 4 is 5.97 Å². The SMILES string of the molecule is COC(=O)COc1cc(C#N)cc(OC)c1. The molecule has 0 bridgehead atoms. The zero-order valence-corrected chi connectivity index (χ0v) is 9.02. The van der Waals surface area contributed by atoms with Crippen LogP contribution in [0.15, 0.2) is 18.2 Å². The van der Waals surface area contributed by atoms with E-state index in [2.05, 4.69) is 4.74 Å². The highest BCUT2D eigenvalue weighted by Crippen LogP contribution is 2.22. The number of carbonyl (C=O) groups excluding carboxylic acids is 1. The van der Waals surface area contributed by atoms with Crippen molar-refractivity contribution in [1.29, 1.82) is 5.26 Å². The van der Waals surface area contributed by atoms with E-state index in [1.165, 1.54) is 20.3 Å². The predicted octanol–water partition coefficient (Wildman–Crippen LogP) is 1.12. The van der Waals surface area contributed by atoms with Crippen LogP contribution < -0.4 is 9.47 Å². The van der Waals surface area contributed by atoms with E-state index in [1.807, 2.05) is 6.07 Å². The van der Waals surface area contributed by atoms with Crippen molar-refractivity contribution in [3.05, 3.63) is 23.8 Å². The lowest BCUT2D eigenvalue weighted by molar-refractivity contribution is -0.142. The quantitative estimate of drug-likeness (QED) is 0.712. The van der Waals surface area contributed by atoms with E-state index in [1.54, 1.807) is 12.1 Å². The van der Waals surface area contributed by atoms with Crippen molar-refractivity contribution in [2.24, 2.45) is 0 Å². The first-order valence-corrected chi connectivity index (χ1v) is 4.48. The predicted molar refractivity (Wildman–Crippen MR) is 55.2 cm³/mol. The lowest BCUT2D eigenvalue weighted by Crippen LogP contribution is -2.12. The van der Waals surface area contributed by atoms with Gasteiger partial charge in [0, 0.05) is 6.07 Å². The second-order valence-corrected chi connectivity index (χ2v) is 2.87. The van der Waals surface area contributed by atoms with Crippen LogP contribution in [-0.4, -0.2) is 26.8 Å². The molecule has 0 amide bonds. The number of carbonyl (C=O) groups is 1. The molecule has 1 aromatic carbocycles. The number of ether oxygens (including phenoxy) is 3. The van der Waals surface area contributed by atoms with Gasteiger partial charge in [-0.3, -0.25) is 0 Å². The van der Waals surface area contributed by atoms with Gasteiger partial charge in [0.25, 0.3) is 0 Å². The average Bonchev–Trinajstić information content (AvgIpc) is 2.35. The van der Waals surface area contributed by atoms with E-state index in [0.29, 0.717) is 17.1 Å². The molecule has 0 unspecified atom stereocenters. The van der Waals surface area contributed by atoms with Gasteiger partial charge in [-0.25, -0.2) is 4.79 Å². The van der Waals surface area contributed by atoms with Crippen LogP contribution in [0.25, 0.3) is 0 Å². The lowest BCUT2D eigenvalue weighted by Gasteiger charge is -2.07. The van der Waals surface area contributed by atoms with Gasteiger partial charge in [0.15, 0.2) is 6.61 Å². The summed E-state index contributed by atoms with van der Waals surface area (Å²) in [5.41, 5.74) is 0.402. The van der Waals surface area contributed by atoms with Gasteiger partial charge in [0.05, 0.1) is 25.9 Å². The van der Waals surface area contributed by atoms with E-state index in [4.69, 9.17) is 14.7 Å². The molecule has 0 spiro atoms. The maximum absolute atomic E-state index is 10.9. The molecule has 0 aromatic heterocycles. The molecule has 5 nitrogen and oxygen atoms in total. The first-order chi connectivity index (χ1) is 7.69. The smallest absolute Gasteiger partial charge is 0.343 e. The molecule has 0 aliphatic rings. The minimum Gasteiger partial charge on any atom is -0.497 e. The molecule has 0 heterocycles. The van der Waals surface area contributed by atoms with Crippen LogP contribution in [0.5, 0.6) is 11.5 Å². The summed E-state index contributed by atoms with van der Waals surface area (Å²) in [6.07, 6.45) is 0. The fourth-order valence-electron chi connectivity index (χ4n) is 1.04. The van der Waals surface area contributed by atoms with Crippen molar-refractivity contribution in [2.45, 2.75) is 0 Å². The largest absolute Gasteiger partial charge is 0.497 e. The molecule has 1 aromatic rings. The van der Waals surface area contributed by atoms with E-state index in [9.17, 15) is 4.79 Å². The van der Waals surface area contributed by atoms with Crippen LogP contribution in [0, 0.1) is 11.3 Å². The molecule has 0 aliphatic carbocycles. The van der Waals surface area contributed by atoms with Gasteiger partial charge in [-0.1, -0.05) is 0 Å². The Hall–Kier alpha value is -2.22. The third kappa shape index (κ3) is 3.17. The molecular formula is C11H11NO4. The number of hydrogen-bond acceptors (Lipinski definition) is 5. The van der Waals surface area contributed by atoms with Crippen molar-refractivity contribution in [2.75, 3.05) is 20.8 Å². The molecule has 0 atom stereocenters.